The summed E-state index contributed by atoms with van der Waals surface area (Å²) >= 11 is 0. The molecular weight excluding hydrogens is 330 g/mol. The van der Waals surface area contributed by atoms with Gasteiger partial charge in [0.15, 0.2) is 6.61 Å². The Hall–Kier alpha value is -2.08. The van der Waals surface area contributed by atoms with E-state index in [0.717, 1.165) is 12.2 Å². The SMILES string of the molecule is C[C@@H]1CCC[C@@H](C)N1CCNC(=O)CCN1C(=O)COc2ccccc21. The predicted octanol–water partition coefficient (Wildman–Crippen LogP) is 2.18. The number of hydrogen-bond donors (Lipinski definition) is 1. The third kappa shape index (κ3) is 4.36. The van der Waals surface area contributed by atoms with Gasteiger partial charge in [0.1, 0.15) is 5.75 Å². The van der Waals surface area contributed by atoms with Gasteiger partial charge in [0.05, 0.1) is 5.69 Å². The van der Waals surface area contributed by atoms with Gasteiger partial charge in [0.2, 0.25) is 5.91 Å². The summed E-state index contributed by atoms with van der Waals surface area (Å²) in [6, 6.07) is 8.60. The van der Waals surface area contributed by atoms with E-state index in [1.54, 1.807) is 4.90 Å². The lowest BCUT2D eigenvalue weighted by Gasteiger charge is -2.39. The van der Waals surface area contributed by atoms with Crippen molar-refractivity contribution in [2.45, 2.75) is 51.6 Å². The van der Waals surface area contributed by atoms with Crippen LogP contribution in [-0.2, 0) is 9.59 Å². The topological polar surface area (TPSA) is 61.9 Å². The molecule has 1 fully saturated rings. The number of hydrogen-bond acceptors (Lipinski definition) is 4. The summed E-state index contributed by atoms with van der Waals surface area (Å²) in [6.45, 7) is 6.47. The number of nitrogens with one attached hydrogen (secondary N) is 1. The van der Waals surface area contributed by atoms with Crippen LogP contribution in [0, 0.1) is 0 Å². The Balaban J connectivity index is 1.45. The fourth-order valence-electron chi connectivity index (χ4n) is 3.94. The molecule has 1 aromatic carbocycles. The van der Waals surface area contributed by atoms with Crippen LogP contribution >= 0.6 is 0 Å². The van der Waals surface area contributed by atoms with Gasteiger partial charge in [-0.05, 0) is 38.8 Å². The number of likely N-dealkylation sites (tertiary alicyclic amines) is 1. The number of rotatable bonds is 6. The summed E-state index contributed by atoms with van der Waals surface area (Å²) in [5, 5.41) is 3.00. The summed E-state index contributed by atoms with van der Waals surface area (Å²) in [4.78, 5) is 28.5. The summed E-state index contributed by atoms with van der Waals surface area (Å²) in [5.74, 6) is 0.576. The lowest BCUT2D eigenvalue weighted by atomic mass is 9.98. The van der Waals surface area contributed by atoms with E-state index in [1.165, 1.54) is 19.3 Å². The monoisotopic (exact) mass is 359 g/mol. The Morgan fingerprint density at radius 2 is 1.92 bits per heavy atom. The van der Waals surface area contributed by atoms with Crippen molar-refractivity contribution in [3.05, 3.63) is 24.3 Å². The molecule has 3 rings (SSSR count). The standard InChI is InChI=1S/C20H29N3O3/c1-15-6-5-7-16(2)22(15)13-11-21-19(24)10-12-23-17-8-3-4-9-18(17)26-14-20(23)25/h3-4,8-9,15-16H,5-7,10-14H2,1-2H3,(H,21,24)/t15-,16-/m1/s1. The molecular formula is C20H29N3O3. The predicted molar refractivity (Wildman–Crippen MR) is 101 cm³/mol. The van der Waals surface area contributed by atoms with Crippen LogP contribution in [-0.4, -0.2) is 55.0 Å². The van der Waals surface area contributed by atoms with E-state index in [2.05, 4.69) is 24.1 Å². The molecule has 6 nitrogen and oxygen atoms in total. The maximum atomic E-state index is 12.2. The van der Waals surface area contributed by atoms with Crippen LogP contribution in [0.5, 0.6) is 5.75 Å². The van der Waals surface area contributed by atoms with Crippen molar-refractivity contribution in [1.29, 1.82) is 0 Å². The number of fused-ring (bicyclic) bond motifs is 1. The van der Waals surface area contributed by atoms with E-state index >= 15 is 0 Å². The van der Waals surface area contributed by atoms with Gasteiger partial charge >= 0.3 is 0 Å². The van der Waals surface area contributed by atoms with Crippen LogP contribution < -0.4 is 15.0 Å². The van der Waals surface area contributed by atoms with Crippen LogP contribution in [0.4, 0.5) is 5.69 Å². The lowest BCUT2D eigenvalue weighted by molar-refractivity contribution is -0.122. The first-order valence-corrected chi connectivity index (χ1v) is 9.61. The zero-order chi connectivity index (χ0) is 18.5. The molecule has 0 unspecified atom stereocenters. The van der Waals surface area contributed by atoms with Crippen molar-refractivity contribution in [2.75, 3.05) is 31.1 Å². The molecule has 26 heavy (non-hydrogen) atoms. The number of anilines is 1. The third-order valence-electron chi connectivity index (χ3n) is 5.44. The van der Waals surface area contributed by atoms with E-state index in [1.807, 2.05) is 24.3 Å². The van der Waals surface area contributed by atoms with Gasteiger partial charge < -0.3 is 15.0 Å². The van der Waals surface area contributed by atoms with Crippen molar-refractivity contribution < 1.29 is 14.3 Å². The second kappa shape index (κ2) is 8.54. The van der Waals surface area contributed by atoms with Crippen molar-refractivity contribution in [1.82, 2.24) is 10.2 Å². The van der Waals surface area contributed by atoms with E-state index in [-0.39, 0.29) is 18.4 Å². The van der Waals surface area contributed by atoms with Crippen LogP contribution in [0.2, 0.25) is 0 Å². The van der Waals surface area contributed by atoms with Crippen molar-refractivity contribution in [3.63, 3.8) is 0 Å². The zero-order valence-electron chi connectivity index (χ0n) is 15.7. The van der Waals surface area contributed by atoms with Crippen molar-refractivity contribution in [3.8, 4) is 5.75 Å². The second-order valence-corrected chi connectivity index (χ2v) is 7.27. The molecule has 6 heteroatoms. The number of benzene rings is 1. The fourth-order valence-corrected chi connectivity index (χ4v) is 3.94. The molecule has 0 bridgehead atoms. The van der Waals surface area contributed by atoms with Crippen molar-refractivity contribution in [2.24, 2.45) is 0 Å². The molecule has 2 atom stereocenters. The molecule has 142 valence electrons. The molecule has 1 saturated heterocycles. The number of nitrogens with zero attached hydrogens (tertiary/aromatic N) is 2. The second-order valence-electron chi connectivity index (χ2n) is 7.27. The zero-order valence-corrected chi connectivity index (χ0v) is 15.7. The smallest absolute Gasteiger partial charge is 0.265 e. The van der Waals surface area contributed by atoms with E-state index < -0.39 is 0 Å². The summed E-state index contributed by atoms with van der Waals surface area (Å²) in [6.07, 6.45) is 4.05. The molecule has 1 aromatic rings. The first-order chi connectivity index (χ1) is 12.6. The third-order valence-corrected chi connectivity index (χ3v) is 5.44. The Bertz CT molecular complexity index is 639. The molecule has 2 heterocycles. The maximum absolute atomic E-state index is 12.2. The average molecular weight is 359 g/mol. The highest BCUT2D eigenvalue weighted by Gasteiger charge is 2.26. The average Bonchev–Trinajstić information content (AvgIpc) is 2.63. The van der Waals surface area contributed by atoms with Gasteiger partial charge in [-0.1, -0.05) is 18.6 Å². The Morgan fingerprint density at radius 3 is 2.69 bits per heavy atom. The molecule has 0 spiro atoms. The Morgan fingerprint density at radius 1 is 1.19 bits per heavy atom. The molecule has 0 saturated carbocycles. The minimum Gasteiger partial charge on any atom is -0.482 e. The number of amides is 2. The van der Waals surface area contributed by atoms with Crippen LogP contribution in [0.1, 0.15) is 39.5 Å². The van der Waals surface area contributed by atoms with E-state index in [0.29, 0.717) is 37.3 Å². The highest BCUT2D eigenvalue weighted by Crippen LogP contribution is 2.31. The van der Waals surface area contributed by atoms with Crippen LogP contribution in [0.3, 0.4) is 0 Å². The van der Waals surface area contributed by atoms with Crippen molar-refractivity contribution >= 4 is 17.5 Å². The van der Waals surface area contributed by atoms with E-state index in [4.69, 9.17) is 4.74 Å². The summed E-state index contributed by atoms with van der Waals surface area (Å²) < 4.78 is 5.43. The molecule has 1 N–H and O–H groups in total. The minimum absolute atomic E-state index is 0.0147. The summed E-state index contributed by atoms with van der Waals surface area (Å²) in [5.41, 5.74) is 0.743. The van der Waals surface area contributed by atoms with Gasteiger partial charge in [0, 0.05) is 38.1 Å². The first kappa shape index (κ1) is 18.7. The number of para-hydroxylation sites is 2. The minimum atomic E-state index is -0.104. The molecule has 2 aliphatic heterocycles. The van der Waals surface area contributed by atoms with Gasteiger partial charge in [-0.25, -0.2) is 0 Å². The molecule has 0 aliphatic carbocycles. The molecule has 2 amide bonds. The quantitative estimate of drug-likeness (QED) is 0.846. The number of ether oxygens (including phenoxy) is 1. The van der Waals surface area contributed by atoms with Crippen LogP contribution in [0.15, 0.2) is 24.3 Å². The van der Waals surface area contributed by atoms with Crippen LogP contribution in [0.25, 0.3) is 0 Å². The summed E-state index contributed by atoms with van der Waals surface area (Å²) in [7, 11) is 0. The lowest BCUT2D eigenvalue weighted by Crippen LogP contribution is -2.47. The van der Waals surface area contributed by atoms with Gasteiger partial charge in [-0.2, -0.15) is 0 Å². The Labute approximate surface area is 155 Å². The highest BCUT2D eigenvalue weighted by molar-refractivity contribution is 5.98. The maximum Gasteiger partial charge on any atom is 0.265 e. The molecule has 2 aliphatic rings. The molecule has 0 radical (unpaired) electrons. The number of piperidine rings is 1. The van der Waals surface area contributed by atoms with Gasteiger partial charge in [-0.3, -0.25) is 14.5 Å². The number of carbonyl (C=O) groups excluding carboxylic acids is 2. The normalized spacial score (nSPS) is 23.3. The highest BCUT2D eigenvalue weighted by atomic mass is 16.5. The molecule has 0 aromatic heterocycles. The van der Waals surface area contributed by atoms with Gasteiger partial charge in [0.25, 0.3) is 5.91 Å². The Kier molecular flexibility index (Phi) is 6.14. The van der Waals surface area contributed by atoms with E-state index in [9.17, 15) is 9.59 Å². The fraction of sp³-hybridized carbons (Fsp3) is 0.600. The number of carbonyl (C=O) groups is 2. The largest absolute Gasteiger partial charge is 0.482 e. The van der Waals surface area contributed by atoms with Gasteiger partial charge in [-0.15, -0.1) is 0 Å². The first-order valence-electron chi connectivity index (χ1n) is 9.61.